The fraction of sp³-hybridized carbons (Fsp3) is 0.278. The van der Waals surface area contributed by atoms with Gasteiger partial charge in [-0.15, -0.1) is 11.3 Å². The minimum Gasteiger partial charge on any atom is -0.396 e. The van der Waals surface area contributed by atoms with Gasteiger partial charge in [0, 0.05) is 30.4 Å². The second kappa shape index (κ2) is 8.59. The van der Waals surface area contributed by atoms with Crippen LogP contribution in [0.1, 0.15) is 23.6 Å². The van der Waals surface area contributed by atoms with Crippen LogP contribution in [0.3, 0.4) is 0 Å². The lowest BCUT2D eigenvalue weighted by Crippen LogP contribution is -2.26. The number of aromatic nitrogens is 2. The topological polar surface area (TPSA) is 84.2 Å². The Balaban J connectivity index is 1.61. The molecule has 0 aliphatic rings. The molecule has 8 heteroatoms. The minimum atomic E-state index is -3.56. The summed E-state index contributed by atoms with van der Waals surface area (Å²) >= 11 is 1.63. The fourth-order valence-electron chi connectivity index (χ4n) is 2.76. The number of sulfonamides is 1. The molecular weight excluding hydrogens is 370 g/mol. The van der Waals surface area contributed by atoms with E-state index in [1.54, 1.807) is 52.7 Å². The van der Waals surface area contributed by atoms with Crippen molar-refractivity contribution in [3.63, 3.8) is 0 Å². The fourth-order valence-corrected chi connectivity index (χ4v) is 4.71. The van der Waals surface area contributed by atoms with Crippen LogP contribution in [0.5, 0.6) is 0 Å². The van der Waals surface area contributed by atoms with E-state index in [9.17, 15) is 13.5 Å². The van der Waals surface area contributed by atoms with E-state index in [0.29, 0.717) is 19.4 Å². The first-order valence-electron chi connectivity index (χ1n) is 8.34. The van der Waals surface area contributed by atoms with E-state index in [0.717, 1.165) is 5.69 Å². The first-order valence-corrected chi connectivity index (χ1v) is 10.7. The van der Waals surface area contributed by atoms with E-state index in [2.05, 4.69) is 9.82 Å². The lowest BCUT2D eigenvalue weighted by Gasteiger charge is -2.15. The van der Waals surface area contributed by atoms with E-state index in [1.165, 1.54) is 4.88 Å². The Bertz CT molecular complexity index is 890. The number of hydrogen-bond donors (Lipinski definition) is 2. The molecule has 2 N–H and O–H groups in total. The molecular formula is C18H21N3O3S2. The van der Waals surface area contributed by atoms with Gasteiger partial charge in [0.15, 0.2) is 0 Å². The van der Waals surface area contributed by atoms with Gasteiger partial charge in [-0.05, 0) is 60.5 Å². The van der Waals surface area contributed by atoms with E-state index < -0.39 is 10.0 Å². The Morgan fingerprint density at radius 2 is 1.96 bits per heavy atom. The maximum absolute atomic E-state index is 12.5. The third kappa shape index (κ3) is 4.59. The maximum atomic E-state index is 12.5. The number of thiophene rings is 1. The highest BCUT2D eigenvalue weighted by atomic mass is 32.2. The summed E-state index contributed by atoms with van der Waals surface area (Å²) in [7, 11) is -3.56. The lowest BCUT2D eigenvalue weighted by molar-refractivity contribution is 0.273. The molecule has 6 nitrogen and oxygen atoms in total. The molecule has 0 radical (unpaired) electrons. The molecule has 3 aromatic rings. The standard InChI is InChI=1S/C18H21N3O3S2/c22-13-9-15(18-3-1-14-25-18)8-11-20-26(23,24)17-6-4-16(5-7-17)21-12-2-10-19-21/h1-7,10,12,14-15,20,22H,8-9,11,13H2/t15-/m0/s1. The second-order valence-corrected chi connectivity index (χ2v) is 8.60. The van der Waals surface area contributed by atoms with Crippen molar-refractivity contribution in [2.24, 2.45) is 0 Å². The molecule has 26 heavy (non-hydrogen) atoms. The molecule has 1 aromatic carbocycles. The highest BCUT2D eigenvalue weighted by molar-refractivity contribution is 7.89. The van der Waals surface area contributed by atoms with Crippen LogP contribution in [0.25, 0.3) is 5.69 Å². The predicted molar refractivity (Wildman–Crippen MR) is 102 cm³/mol. The molecule has 0 bridgehead atoms. The van der Waals surface area contributed by atoms with Crippen LogP contribution in [0.2, 0.25) is 0 Å². The Morgan fingerprint density at radius 1 is 1.15 bits per heavy atom. The Labute approximate surface area is 157 Å². The number of nitrogens with one attached hydrogen (secondary N) is 1. The zero-order valence-corrected chi connectivity index (χ0v) is 15.8. The van der Waals surface area contributed by atoms with Gasteiger partial charge in [-0.2, -0.15) is 5.10 Å². The molecule has 0 unspecified atom stereocenters. The first kappa shape index (κ1) is 18.8. The SMILES string of the molecule is O=S(=O)(NCC[C@@H](CCO)c1cccs1)c1ccc(-n2cccn2)cc1. The molecule has 0 fully saturated rings. The van der Waals surface area contributed by atoms with Gasteiger partial charge in [-0.3, -0.25) is 0 Å². The van der Waals surface area contributed by atoms with Crippen molar-refractivity contribution < 1.29 is 13.5 Å². The van der Waals surface area contributed by atoms with E-state index in [1.807, 2.05) is 23.6 Å². The molecule has 138 valence electrons. The highest BCUT2D eigenvalue weighted by Gasteiger charge is 2.17. The van der Waals surface area contributed by atoms with Crippen molar-refractivity contribution in [2.45, 2.75) is 23.7 Å². The Hall–Kier alpha value is -2.00. The number of rotatable bonds is 9. The molecule has 1 atom stereocenters. The zero-order valence-electron chi connectivity index (χ0n) is 14.2. The van der Waals surface area contributed by atoms with Crippen LogP contribution in [0.15, 0.2) is 65.1 Å². The molecule has 0 saturated carbocycles. The summed E-state index contributed by atoms with van der Waals surface area (Å²) in [6, 6.07) is 12.4. The normalized spacial score (nSPS) is 13.0. The molecule has 2 aromatic heterocycles. The number of aliphatic hydroxyl groups is 1. The highest BCUT2D eigenvalue weighted by Crippen LogP contribution is 2.27. The van der Waals surface area contributed by atoms with Crippen LogP contribution in [0, 0.1) is 0 Å². The lowest BCUT2D eigenvalue weighted by atomic mass is 10.0. The summed E-state index contributed by atoms with van der Waals surface area (Å²) < 4.78 is 29.3. The molecule has 0 saturated heterocycles. The summed E-state index contributed by atoms with van der Waals surface area (Å²) in [6.07, 6.45) is 4.74. The van der Waals surface area contributed by atoms with Gasteiger partial charge in [-0.1, -0.05) is 6.07 Å². The minimum absolute atomic E-state index is 0.0875. The van der Waals surface area contributed by atoms with Crippen molar-refractivity contribution in [2.75, 3.05) is 13.2 Å². The van der Waals surface area contributed by atoms with Crippen LogP contribution in [-0.4, -0.2) is 36.5 Å². The van der Waals surface area contributed by atoms with Gasteiger partial charge in [0.1, 0.15) is 0 Å². The van der Waals surface area contributed by atoms with Gasteiger partial charge in [0.25, 0.3) is 0 Å². The number of aliphatic hydroxyl groups excluding tert-OH is 1. The van der Waals surface area contributed by atoms with Crippen LogP contribution in [0.4, 0.5) is 0 Å². The molecule has 3 rings (SSSR count). The van der Waals surface area contributed by atoms with Crippen LogP contribution >= 0.6 is 11.3 Å². The van der Waals surface area contributed by atoms with E-state index >= 15 is 0 Å². The molecule has 0 aliphatic carbocycles. The molecule has 2 heterocycles. The van der Waals surface area contributed by atoms with E-state index in [4.69, 9.17) is 0 Å². The first-order chi connectivity index (χ1) is 12.6. The number of nitrogens with zero attached hydrogens (tertiary/aromatic N) is 2. The summed E-state index contributed by atoms with van der Waals surface area (Å²) in [5.41, 5.74) is 0.801. The largest absolute Gasteiger partial charge is 0.396 e. The van der Waals surface area contributed by atoms with Crippen molar-refractivity contribution in [3.05, 3.63) is 65.1 Å². The summed E-state index contributed by atoms with van der Waals surface area (Å²) in [6.45, 7) is 0.413. The van der Waals surface area contributed by atoms with Crippen LogP contribution < -0.4 is 4.72 Å². The van der Waals surface area contributed by atoms with Gasteiger partial charge in [0.05, 0.1) is 10.6 Å². The van der Waals surface area contributed by atoms with Crippen molar-refractivity contribution in [1.29, 1.82) is 0 Å². The van der Waals surface area contributed by atoms with Gasteiger partial charge >= 0.3 is 0 Å². The van der Waals surface area contributed by atoms with Crippen molar-refractivity contribution >= 4 is 21.4 Å². The number of hydrogen-bond acceptors (Lipinski definition) is 5. The number of benzene rings is 1. The molecule has 0 amide bonds. The van der Waals surface area contributed by atoms with Crippen LogP contribution in [-0.2, 0) is 10.0 Å². The van der Waals surface area contributed by atoms with Crippen molar-refractivity contribution in [1.82, 2.24) is 14.5 Å². The Kier molecular flexibility index (Phi) is 6.20. The monoisotopic (exact) mass is 391 g/mol. The third-order valence-corrected chi connectivity index (χ3v) is 6.64. The third-order valence-electron chi connectivity index (χ3n) is 4.12. The average Bonchev–Trinajstić information content (AvgIpc) is 3.35. The zero-order chi connectivity index (χ0) is 18.4. The second-order valence-electron chi connectivity index (χ2n) is 5.86. The van der Waals surface area contributed by atoms with Gasteiger partial charge in [0.2, 0.25) is 10.0 Å². The quantitative estimate of drug-likeness (QED) is 0.587. The van der Waals surface area contributed by atoms with Gasteiger partial charge in [-0.25, -0.2) is 17.8 Å². The molecule has 0 spiro atoms. The maximum Gasteiger partial charge on any atom is 0.240 e. The summed E-state index contributed by atoms with van der Waals surface area (Å²) in [4.78, 5) is 1.39. The summed E-state index contributed by atoms with van der Waals surface area (Å²) in [5, 5.41) is 15.3. The van der Waals surface area contributed by atoms with Crippen molar-refractivity contribution in [3.8, 4) is 5.69 Å². The molecule has 0 aliphatic heterocycles. The smallest absolute Gasteiger partial charge is 0.240 e. The van der Waals surface area contributed by atoms with E-state index in [-0.39, 0.29) is 17.4 Å². The van der Waals surface area contributed by atoms with Gasteiger partial charge < -0.3 is 5.11 Å². The Morgan fingerprint density at radius 3 is 2.58 bits per heavy atom. The average molecular weight is 392 g/mol. The predicted octanol–water partition coefficient (Wildman–Crippen LogP) is 2.77. The summed E-state index contributed by atoms with van der Waals surface area (Å²) in [5.74, 6) is 0.157.